The molecule has 2 N–H and O–H groups in total. The smallest absolute Gasteiger partial charge is 0.129 e. The second-order valence-corrected chi connectivity index (χ2v) is 3.26. The second-order valence-electron chi connectivity index (χ2n) is 3.26. The summed E-state index contributed by atoms with van der Waals surface area (Å²) in [6.07, 6.45) is 0. The highest BCUT2D eigenvalue weighted by Crippen LogP contribution is 2.07. The van der Waals surface area contributed by atoms with Crippen molar-refractivity contribution in [1.29, 1.82) is 0 Å². The number of rotatable bonds is 6. The van der Waals surface area contributed by atoms with E-state index in [1.807, 2.05) is 13.0 Å². The molecule has 0 aliphatic heterocycles. The van der Waals surface area contributed by atoms with Crippen LogP contribution in [-0.2, 0) is 17.9 Å². The molecular formula is C10H17NO3. The molecule has 0 fully saturated rings. The molecule has 0 amide bonds. The molecule has 1 aromatic heterocycles. The van der Waals surface area contributed by atoms with E-state index in [0.29, 0.717) is 25.0 Å². The molecule has 4 heteroatoms. The highest BCUT2D eigenvalue weighted by atomic mass is 16.5. The minimum atomic E-state index is -0.0480. The van der Waals surface area contributed by atoms with E-state index in [2.05, 4.69) is 5.32 Å². The number of hydrogen-bond acceptors (Lipinski definition) is 4. The van der Waals surface area contributed by atoms with Gasteiger partial charge in [-0.25, -0.2) is 0 Å². The van der Waals surface area contributed by atoms with Gasteiger partial charge in [0.2, 0.25) is 0 Å². The maximum absolute atomic E-state index is 8.78. The van der Waals surface area contributed by atoms with E-state index in [0.717, 1.165) is 5.76 Å². The molecular weight excluding hydrogens is 182 g/mol. The molecule has 0 radical (unpaired) electrons. The molecule has 0 saturated carbocycles. The Morgan fingerprint density at radius 2 is 2.21 bits per heavy atom. The van der Waals surface area contributed by atoms with E-state index in [1.165, 1.54) is 0 Å². The number of aliphatic hydroxyl groups excluding tert-OH is 1. The minimum Gasteiger partial charge on any atom is -0.462 e. The summed E-state index contributed by atoms with van der Waals surface area (Å²) < 4.78 is 10.3. The zero-order chi connectivity index (χ0) is 10.4. The topological polar surface area (TPSA) is 54.6 Å². The number of nitrogens with one attached hydrogen (secondary N) is 1. The Hall–Kier alpha value is -0.840. The van der Waals surface area contributed by atoms with Gasteiger partial charge in [-0.3, -0.25) is 0 Å². The van der Waals surface area contributed by atoms with Crippen LogP contribution in [0.15, 0.2) is 16.5 Å². The third-order valence-electron chi connectivity index (χ3n) is 1.91. The number of furan rings is 1. The van der Waals surface area contributed by atoms with Crippen LogP contribution < -0.4 is 5.32 Å². The second kappa shape index (κ2) is 5.80. The van der Waals surface area contributed by atoms with Gasteiger partial charge in [-0.2, -0.15) is 0 Å². The fourth-order valence-electron chi connectivity index (χ4n) is 1.19. The number of aliphatic hydroxyl groups is 1. The Labute approximate surface area is 83.9 Å². The van der Waals surface area contributed by atoms with Gasteiger partial charge in [0.15, 0.2) is 0 Å². The van der Waals surface area contributed by atoms with Gasteiger partial charge >= 0.3 is 0 Å². The van der Waals surface area contributed by atoms with Crippen molar-refractivity contribution in [3.05, 3.63) is 23.7 Å². The molecule has 0 aromatic carbocycles. The van der Waals surface area contributed by atoms with Gasteiger partial charge in [0.1, 0.15) is 18.1 Å². The third-order valence-corrected chi connectivity index (χ3v) is 1.91. The van der Waals surface area contributed by atoms with Crippen molar-refractivity contribution >= 4 is 0 Å². The molecule has 0 spiro atoms. The summed E-state index contributed by atoms with van der Waals surface area (Å²) in [5, 5.41) is 12.0. The van der Waals surface area contributed by atoms with Crippen molar-refractivity contribution in [1.82, 2.24) is 5.32 Å². The fraction of sp³-hybridized carbons (Fsp3) is 0.600. The Balaban J connectivity index is 2.30. The lowest BCUT2D eigenvalue weighted by Crippen LogP contribution is -2.29. The van der Waals surface area contributed by atoms with Crippen molar-refractivity contribution in [2.75, 3.05) is 13.7 Å². The third kappa shape index (κ3) is 3.49. The molecule has 0 bridgehead atoms. The van der Waals surface area contributed by atoms with Crippen molar-refractivity contribution in [3.63, 3.8) is 0 Å². The zero-order valence-electron chi connectivity index (χ0n) is 8.62. The Morgan fingerprint density at radius 3 is 2.79 bits per heavy atom. The standard InChI is InChI=1S/C10H17NO3/c1-8(7-13-2)11-5-9-3-4-10(6-12)14-9/h3-4,8,11-12H,5-7H2,1-2H3/t8-/m0/s1. The predicted molar refractivity (Wildman–Crippen MR) is 52.8 cm³/mol. The molecule has 0 saturated heterocycles. The Kier molecular flexibility index (Phi) is 4.65. The van der Waals surface area contributed by atoms with Crippen LogP contribution >= 0.6 is 0 Å². The van der Waals surface area contributed by atoms with Gasteiger partial charge in [-0.15, -0.1) is 0 Å². The van der Waals surface area contributed by atoms with E-state index < -0.39 is 0 Å². The summed E-state index contributed by atoms with van der Waals surface area (Å²) in [6.45, 7) is 3.32. The quantitative estimate of drug-likeness (QED) is 0.714. The van der Waals surface area contributed by atoms with Crippen LogP contribution in [0.1, 0.15) is 18.4 Å². The molecule has 14 heavy (non-hydrogen) atoms. The van der Waals surface area contributed by atoms with E-state index in [4.69, 9.17) is 14.3 Å². The van der Waals surface area contributed by atoms with Crippen molar-refractivity contribution in [2.24, 2.45) is 0 Å². The SMILES string of the molecule is COC[C@H](C)NCc1ccc(CO)o1. The van der Waals surface area contributed by atoms with Crippen LogP contribution in [-0.4, -0.2) is 24.9 Å². The highest BCUT2D eigenvalue weighted by molar-refractivity contribution is 5.06. The first-order valence-corrected chi connectivity index (χ1v) is 4.67. The van der Waals surface area contributed by atoms with E-state index in [1.54, 1.807) is 13.2 Å². The minimum absolute atomic E-state index is 0.0480. The van der Waals surface area contributed by atoms with Gasteiger partial charge in [0.25, 0.3) is 0 Å². The first-order chi connectivity index (χ1) is 6.76. The molecule has 1 aromatic rings. The normalized spacial score (nSPS) is 13.1. The average molecular weight is 199 g/mol. The van der Waals surface area contributed by atoms with Gasteiger partial charge in [0, 0.05) is 13.2 Å². The lowest BCUT2D eigenvalue weighted by Gasteiger charge is -2.10. The first kappa shape index (κ1) is 11.2. The maximum Gasteiger partial charge on any atom is 0.129 e. The first-order valence-electron chi connectivity index (χ1n) is 4.67. The number of ether oxygens (including phenoxy) is 1. The largest absolute Gasteiger partial charge is 0.462 e. The Bertz CT molecular complexity index is 260. The highest BCUT2D eigenvalue weighted by Gasteiger charge is 2.03. The molecule has 80 valence electrons. The lowest BCUT2D eigenvalue weighted by atomic mass is 10.3. The summed E-state index contributed by atoms with van der Waals surface area (Å²) >= 11 is 0. The van der Waals surface area contributed by atoms with Crippen LogP contribution in [0, 0.1) is 0 Å². The monoisotopic (exact) mass is 199 g/mol. The summed E-state index contributed by atoms with van der Waals surface area (Å²) in [7, 11) is 1.68. The van der Waals surface area contributed by atoms with E-state index in [-0.39, 0.29) is 6.61 Å². The zero-order valence-corrected chi connectivity index (χ0v) is 8.62. The molecule has 0 unspecified atom stereocenters. The maximum atomic E-state index is 8.78. The van der Waals surface area contributed by atoms with Crippen molar-refractivity contribution in [2.45, 2.75) is 26.1 Å². The summed E-state index contributed by atoms with van der Waals surface area (Å²) in [6, 6.07) is 3.93. The van der Waals surface area contributed by atoms with Gasteiger partial charge < -0.3 is 19.6 Å². The van der Waals surface area contributed by atoms with Crippen LogP contribution in [0.5, 0.6) is 0 Å². The molecule has 1 atom stereocenters. The van der Waals surface area contributed by atoms with Gasteiger partial charge in [-0.1, -0.05) is 0 Å². The molecule has 0 aliphatic carbocycles. The van der Waals surface area contributed by atoms with E-state index >= 15 is 0 Å². The van der Waals surface area contributed by atoms with Crippen LogP contribution in [0.3, 0.4) is 0 Å². The summed E-state index contributed by atoms with van der Waals surface area (Å²) in [5.41, 5.74) is 0. The van der Waals surface area contributed by atoms with Crippen LogP contribution in [0.25, 0.3) is 0 Å². The van der Waals surface area contributed by atoms with E-state index in [9.17, 15) is 0 Å². The number of methoxy groups -OCH3 is 1. The lowest BCUT2D eigenvalue weighted by molar-refractivity contribution is 0.170. The molecule has 1 rings (SSSR count). The molecule has 4 nitrogen and oxygen atoms in total. The molecule has 0 aliphatic rings. The number of hydrogen-bond donors (Lipinski definition) is 2. The van der Waals surface area contributed by atoms with Crippen molar-refractivity contribution in [3.8, 4) is 0 Å². The van der Waals surface area contributed by atoms with Crippen LogP contribution in [0.2, 0.25) is 0 Å². The van der Waals surface area contributed by atoms with Gasteiger partial charge in [0.05, 0.1) is 13.2 Å². The van der Waals surface area contributed by atoms with Crippen molar-refractivity contribution < 1.29 is 14.3 Å². The molecule has 1 heterocycles. The average Bonchev–Trinajstić information content (AvgIpc) is 2.63. The van der Waals surface area contributed by atoms with Gasteiger partial charge in [-0.05, 0) is 19.1 Å². The van der Waals surface area contributed by atoms with Crippen LogP contribution in [0.4, 0.5) is 0 Å². The summed E-state index contributed by atoms with van der Waals surface area (Å²) in [4.78, 5) is 0. The fourth-order valence-corrected chi connectivity index (χ4v) is 1.19. The summed E-state index contributed by atoms with van der Waals surface area (Å²) in [5.74, 6) is 1.43. The Morgan fingerprint density at radius 1 is 1.50 bits per heavy atom. The predicted octanol–water partition coefficient (Wildman–Crippen LogP) is 0.896.